The second-order valence-corrected chi connectivity index (χ2v) is 6.55. The molecule has 0 aliphatic rings. The quantitative estimate of drug-likeness (QED) is 0.520. The zero-order valence-corrected chi connectivity index (χ0v) is 14.4. The zero-order chi connectivity index (χ0) is 16.5. The minimum atomic E-state index is 0.694. The molecule has 24 heavy (non-hydrogen) atoms. The van der Waals surface area contributed by atoms with Gasteiger partial charge in [-0.25, -0.2) is 9.67 Å². The molecule has 2 aromatic carbocycles. The molecule has 4 aromatic rings. The lowest BCUT2D eigenvalue weighted by Crippen LogP contribution is -1.98. The van der Waals surface area contributed by atoms with E-state index >= 15 is 0 Å². The van der Waals surface area contributed by atoms with Crippen LogP contribution in [0.3, 0.4) is 0 Å². The van der Waals surface area contributed by atoms with Crippen LogP contribution in [0.5, 0.6) is 0 Å². The maximum absolute atomic E-state index is 6.26. The first kappa shape index (κ1) is 15.1. The summed E-state index contributed by atoms with van der Waals surface area (Å²) in [6.45, 7) is 2.00. The van der Waals surface area contributed by atoms with Gasteiger partial charge in [0.2, 0.25) is 0 Å². The van der Waals surface area contributed by atoms with Gasteiger partial charge in [0.05, 0.1) is 17.1 Å². The molecule has 0 saturated carbocycles. The van der Waals surface area contributed by atoms with Crippen molar-refractivity contribution in [1.29, 1.82) is 0 Å². The van der Waals surface area contributed by atoms with E-state index in [1.165, 1.54) is 0 Å². The lowest BCUT2D eigenvalue weighted by molar-refractivity contribution is 0.785. The van der Waals surface area contributed by atoms with Crippen molar-refractivity contribution in [3.05, 3.63) is 70.7 Å². The summed E-state index contributed by atoms with van der Waals surface area (Å²) in [6, 6.07) is 17.6. The van der Waals surface area contributed by atoms with Crippen LogP contribution in [0.25, 0.3) is 27.6 Å². The van der Waals surface area contributed by atoms with Crippen LogP contribution in [0.1, 0.15) is 5.69 Å². The number of halogens is 1. The Labute approximate surface area is 148 Å². The summed E-state index contributed by atoms with van der Waals surface area (Å²) >= 11 is 7.81. The average Bonchev–Trinajstić information content (AvgIpc) is 3.23. The highest BCUT2D eigenvalue weighted by Crippen LogP contribution is 2.33. The summed E-state index contributed by atoms with van der Waals surface area (Å²) in [5.41, 5.74) is 4.52. The molecule has 0 atom stereocenters. The van der Waals surface area contributed by atoms with Crippen LogP contribution in [-0.4, -0.2) is 20.0 Å². The van der Waals surface area contributed by atoms with Gasteiger partial charge in [-0.1, -0.05) is 53.2 Å². The van der Waals surface area contributed by atoms with Crippen LogP contribution in [0.15, 0.2) is 60.0 Å². The van der Waals surface area contributed by atoms with Crippen molar-refractivity contribution < 1.29 is 0 Å². The Morgan fingerprint density at radius 2 is 1.75 bits per heavy atom. The molecule has 0 bridgehead atoms. The Bertz CT molecular complexity index is 991. The van der Waals surface area contributed by atoms with Crippen molar-refractivity contribution in [3.8, 4) is 27.6 Å². The molecule has 0 amide bonds. The highest BCUT2D eigenvalue weighted by Gasteiger charge is 2.16. The van der Waals surface area contributed by atoms with Gasteiger partial charge in [-0.15, -0.1) is 16.4 Å². The maximum Gasteiger partial charge on any atom is 0.146 e. The van der Waals surface area contributed by atoms with Gasteiger partial charge < -0.3 is 0 Å². The van der Waals surface area contributed by atoms with Gasteiger partial charge in [-0.2, -0.15) is 0 Å². The summed E-state index contributed by atoms with van der Waals surface area (Å²) in [5.74, 6) is 0. The van der Waals surface area contributed by atoms with E-state index in [2.05, 4.69) is 10.3 Å². The van der Waals surface area contributed by atoms with E-state index in [0.29, 0.717) is 5.02 Å². The van der Waals surface area contributed by atoms with E-state index in [0.717, 1.165) is 33.3 Å². The van der Waals surface area contributed by atoms with Crippen molar-refractivity contribution in [2.75, 3.05) is 0 Å². The lowest BCUT2D eigenvalue weighted by atomic mass is 10.2. The van der Waals surface area contributed by atoms with Crippen LogP contribution in [0.4, 0.5) is 0 Å². The molecule has 118 valence electrons. The number of thiazole rings is 1. The van der Waals surface area contributed by atoms with Crippen molar-refractivity contribution >= 4 is 22.9 Å². The SMILES string of the molecule is Cc1c(-c2nc(-c3ccccc3Cl)cs2)nnn1-c1ccccc1. The van der Waals surface area contributed by atoms with E-state index in [9.17, 15) is 0 Å². The van der Waals surface area contributed by atoms with Crippen molar-refractivity contribution in [3.63, 3.8) is 0 Å². The summed E-state index contributed by atoms with van der Waals surface area (Å²) in [6.07, 6.45) is 0. The monoisotopic (exact) mass is 352 g/mol. The lowest BCUT2D eigenvalue weighted by Gasteiger charge is -2.02. The van der Waals surface area contributed by atoms with E-state index in [1.54, 1.807) is 11.3 Å². The third kappa shape index (κ3) is 2.62. The molecular weight excluding hydrogens is 340 g/mol. The summed E-state index contributed by atoms with van der Waals surface area (Å²) in [5, 5.41) is 12.1. The molecule has 2 heterocycles. The molecule has 0 radical (unpaired) electrons. The minimum absolute atomic E-state index is 0.694. The minimum Gasteiger partial charge on any atom is -0.234 e. The fraction of sp³-hybridized carbons (Fsp3) is 0.0556. The average molecular weight is 353 g/mol. The summed E-state index contributed by atoms with van der Waals surface area (Å²) in [7, 11) is 0. The van der Waals surface area contributed by atoms with E-state index in [4.69, 9.17) is 16.6 Å². The topological polar surface area (TPSA) is 43.6 Å². The normalized spacial score (nSPS) is 10.9. The molecule has 4 rings (SSSR count). The van der Waals surface area contributed by atoms with Gasteiger partial charge >= 0.3 is 0 Å². The smallest absolute Gasteiger partial charge is 0.146 e. The molecule has 2 aromatic heterocycles. The van der Waals surface area contributed by atoms with Gasteiger partial charge in [0.25, 0.3) is 0 Å². The fourth-order valence-electron chi connectivity index (χ4n) is 2.52. The molecule has 0 fully saturated rings. The zero-order valence-electron chi connectivity index (χ0n) is 12.8. The number of nitrogens with zero attached hydrogens (tertiary/aromatic N) is 4. The van der Waals surface area contributed by atoms with Crippen LogP contribution < -0.4 is 0 Å². The van der Waals surface area contributed by atoms with Gasteiger partial charge in [-0.3, -0.25) is 0 Å². The number of para-hydroxylation sites is 1. The van der Waals surface area contributed by atoms with Gasteiger partial charge in [0, 0.05) is 16.0 Å². The van der Waals surface area contributed by atoms with Crippen LogP contribution >= 0.6 is 22.9 Å². The second-order valence-electron chi connectivity index (χ2n) is 5.29. The number of hydrogen-bond acceptors (Lipinski definition) is 4. The predicted octanol–water partition coefficient (Wildman–Crippen LogP) is 5.02. The first-order valence-corrected chi connectivity index (χ1v) is 8.68. The molecule has 0 aliphatic heterocycles. The Morgan fingerprint density at radius 1 is 1.00 bits per heavy atom. The molecule has 0 N–H and O–H groups in total. The first-order chi connectivity index (χ1) is 11.7. The Morgan fingerprint density at radius 3 is 2.54 bits per heavy atom. The molecule has 0 aliphatic carbocycles. The van der Waals surface area contributed by atoms with E-state index in [-0.39, 0.29) is 0 Å². The highest BCUT2D eigenvalue weighted by molar-refractivity contribution is 7.13. The maximum atomic E-state index is 6.26. The van der Waals surface area contributed by atoms with E-state index in [1.807, 2.05) is 71.6 Å². The molecular formula is C18H13ClN4S. The molecule has 0 saturated heterocycles. The summed E-state index contributed by atoms with van der Waals surface area (Å²) < 4.78 is 1.83. The Kier molecular flexibility index (Phi) is 3.88. The van der Waals surface area contributed by atoms with Gasteiger partial charge in [0.15, 0.2) is 0 Å². The molecule has 4 nitrogen and oxygen atoms in total. The Balaban J connectivity index is 1.74. The van der Waals surface area contributed by atoms with Crippen molar-refractivity contribution in [2.24, 2.45) is 0 Å². The molecule has 0 spiro atoms. The van der Waals surface area contributed by atoms with Gasteiger partial charge in [-0.05, 0) is 25.1 Å². The van der Waals surface area contributed by atoms with Gasteiger partial charge in [0.1, 0.15) is 10.7 Å². The number of benzene rings is 2. The van der Waals surface area contributed by atoms with Crippen molar-refractivity contribution in [2.45, 2.75) is 6.92 Å². The highest BCUT2D eigenvalue weighted by atomic mass is 35.5. The first-order valence-electron chi connectivity index (χ1n) is 7.42. The van der Waals surface area contributed by atoms with E-state index < -0.39 is 0 Å². The molecule has 6 heteroatoms. The largest absolute Gasteiger partial charge is 0.234 e. The number of hydrogen-bond donors (Lipinski definition) is 0. The second kappa shape index (κ2) is 6.19. The van der Waals surface area contributed by atoms with Crippen molar-refractivity contribution in [1.82, 2.24) is 20.0 Å². The molecule has 0 unspecified atom stereocenters. The Hall–Kier alpha value is -2.50. The predicted molar refractivity (Wildman–Crippen MR) is 97.7 cm³/mol. The third-order valence-electron chi connectivity index (χ3n) is 3.75. The van der Waals surface area contributed by atoms with Crippen LogP contribution in [-0.2, 0) is 0 Å². The standard InChI is InChI=1S/C18H13ClN4S/c1-12-17(21-22-23(12)13-7-3-2-4-8-13)18-20-16(11-24-18)14-9-5-6-10-15(14)19/h2-11H,1H3. The fourth-order valence-corrected chi connectivity index (χ4v) is 3.60. The number of aromatic nitrogens is 4. The van der Waals surface area contributed by atoms with Crippen LogP contribution in [0.2, 0.25) is 5.02 Å². The van der Waals surface area contributed by atoms with Crippen LogP contribution in [0, 0.1) is 6.92 Å². The summed E-state index contributed by atoms with van der Waals surface area (Å²) in [4.78, 5) is 4.70. The third-order valence-corrected chi connectivity index (χ3v) is 4.93. The number of rotatable bonds is 3.